The molecule has 2 aromatic heterocycles. The van der Waals surface area contributed by atoms with Gasteiger partial charge in [0.25, 0.3) is 0 Å². The average Bonchev–Trinajstić information content (AvgIpc) is 3.81. The lowest BCUT2D eigenvalue weighted by Crippen LogP contribution is -2.26. The molecule has 2 heterocycles. The van der Waals surface area contributed by atoms with Crippen LogP contribution in [0.4, 0.5) is 0 Å². The Morgan fingerprint density at radius 2 is 0.738 bits per heavy atom. The Balaban J connectivity index is 1.20. The number of fused-ring (bicyclic) bond motifs is 14. The zero-order valence-electron chi connectivity index (χ0n) is 32.8. The number of hydrogen-bond acceptors (Lipinski definition) is 4. The van der Waals surface area contributed by atoms with Crippen LogP contribution in [0.2, 0.25) is 0 Å². The first-order chi connectivity index (χ1) is 30.1. The summed E-state index contributed by atoms with van der Waals surface area (Å²) in [6.45, 7) is 0. The molecular formula is C57H32N4. The fraction of sp³-hybridized carbons (Fsp3) is 0.0175. The summed E-state index contributed by atoms with van der Waals surface area (Å²) in [6, 6.07) is 66.2. The van der Waals surface area contributed by atoms with Gasteiger partial charge in [-0.15, -0.1) is 0 Å². The van der Waals surface area contributed by atoms with Crippen LogP contribution in [0.15, 0.2) is 195 Å². The Hall–Kier alpha value is -8.44. The molecule has 2 aliphatic carbocycles. The fourth-order valence-corrected chi connectivity index (χ4v) is 10.4. The Morgan fingerprint density at radius 1 is 0.328 bits per heavy atom. The van der Waals surface area contributed by atoms with Gasteiger partial charge < -0.3 is 0 Å². The summed E-state index contributed by atoms with van der Waals surface area (Å²) in [6.07, 6.45) is 6.87. The van der Waals surface area contributed by atoms with Gasteiger partial charge in [-0.1, -0.05) is 133 Å². The van der Waals surface area contributed by atoms with E-state index in [-0.39, 0.29) is 0 Å². The first-order valence-corrected chi connectivity index (χ1v) is 20.4. The number of hydrogen-bond donors (Lipinski definition) is 0. The van der Waals surface area contributed by atoms with E-state index in [4.69, 9.17) is 0 Å². The van der Waals surface area contributed by atoms with Gasteiger partial charge in [0.1, 0.15) is 12.1 Å². The topological polar surface area (TPSA) is 73.4 Å². The zero-order valence-corrected chi connectivity index (χ0v) is 32.8. The molecular weight excluding hydrogens is 741 g/mol. The van der Waals surface area contributed by atoms with Crippen molar-refractivity contribution in [3.8, 4) is 78.9 Å². The van der Waals surface area contributed by atoms with Crippen molar-refractivity contribution in [1.29, 1.82) is 10.5 Å². The Labute approximate surface area is 353 Å². The lowest BCUT2D eigenvalue weighted by atomic mass is 9.69. The summed E-state index contributed by atoms with van der Waals surface area (Å²) in [5, 5.41) is 24.1. The van der Waals surface area contributed by atoms with E-state index in [1.54, 1.807) is 12.4 Å². The van der Waals surface area contributed by atoms with Crippen LogP contribution in [0.25, 0.3) is 88.3 Å². The van der Waals surface area contributed by atoms with Gasteiger partial charge >= 0.3 is 0 Å². The molecule has 0 fully saturated rings. The molecule has 0 bridgehead atoms. The normalized spacial score (nSPS) is 12.7. The molecule has 0 N–H and O–H groups in total. The van der Waals surface area contributed by atoms with E-state index in [9.17, 15) is 10.5 Å². The smallest absolute Gasteiger partial charge is 0.101 e. The second-order valence-corrected chi connectivity index (χ2v) is 15.9. The summed E-state index contributed by atoms with van der Waals surface area (Å²) in [5.74, 6) is 0. The minimum Gasteiger partial charge on any atom is -0.263 e. The molecule has 280 valence electrons. The number of nitriles is 2. The molecule has 4 nitrogen and oxygen atoms in total. The third-order valence-corrected chi connectivity index (χ3v) is 12.8. The fourth-order valence-electron chi connectivity index (χ4n) is 10.4. The molecule has 0 saturated carbocycles. The van der Waals surface area contributed by atoms with E-state index < -0.39 is 5.41 Å². The molecule has 12 rings (SSSR count). The van der Waals surface area contributed by atoms with Crippen molar-refractivity contribution >= 4 is 21.5 Å². The van der Waals surface area contributed by atoms with Crippen molar-refractivity contribution in [2.45, 2.75) is 5.41 Å². The first kappa shape index (κ1) is 34.6. The Morgan fingerprint density at radius 3 is 1.20 bits per heavy atom. The van der Waals surface area contributed by atoms with Crippen molar-refractivity contribution in [3.63, 3.8) is 0 Å². The van der Waals surface area contributed by atoms with Crippen LogP contribution >= 0.6 is 0 Å². The number of nitrogens with zero attached hydrogens (tertiary/aromatic N) is 4. The zero-order chi connectivity index (χ0) is 40.7. The van der Waals surface area contributed by atoms with E-state index in [0.29, 0.717) is 11.1 Å². The molecule has 8 aromatic carbocycles. The number of aromatic nitrogens is 2. The SMILES string of the molecule is N#Cc1cncc(-c2cccc(-c3cc4c(c5ccccc35)-c3c(cc(-c5cccc(-c6cncc(C#N)c6)c5)c5ccccc35)C43c4ccccc4-c4ccccc43)c2)c1. The van der Waals surface area contributed by atoms with E-state index in [1.165, 1.54) is 66.1 Å². The van der Waals surface area contributed by atoms with Gasteiger partial charge in [-0.2, -0.15) is 10.5 Å². The van der Waals surface area contributed by atoms with Crippen LogP contribution in [0, 0.1) is 22.7 Å². The van der Waals surface area contributed by atoms with E-state index in [1.807, 2.05) is 24.5 Å². The van der Waals surface area contributed by atoms with Crippen LogP contribution in [-0.4, -0.2) is 9.97 Å². The van der Waals surface area contributed by atoms with Gasteiger partial charge in [0, 0.05) is 35.9 Å². The van der Waals surface area contributed by atoms with Crippen molar-refractivity contribution < 1.29 is 0 Å². The summed E-state index contributed by atoms with van der Waals surface area (Å²) < 4.78 is 0. The second-order valence-electron chi connectivity index (χ2n) is 15.9. The standard InChI is InChI=1S/C57H32N4/c58-29-35-23-41(33-60-31-35)37-11-9-13-39(25-37)49-27-53-55(47-19-3-1-15-43(47)49)56-48-20-4-2-16-44(48)50(40-14-10-12-38(26-40)42-24-36(30-59)32-61-34-42)28-54(56)57(53)51-21-7-5-17-45(51)46-18-6-8-22-52(46)57/h1-28,31-34H. The molecule has 0 saturated heterocycles. The molecule has 1 spiro atoms. The van der Waals surface area contributed by atoms with Gasteiger partial charge in [0.2, 0.25) is 0 Å². The van der Waals surface area contributed by atoms with Gasteiger partial charge in [-0.3, -0.25) is 9.97 Å². The highest BCUT2D eigenvalue weighted by molar-refractivity contribution is 6.18. The third kappa shape index (κ3) is 4.97. The van der Waals surface area contributed by atoms with E-state index in [0.717, 1.165) is 44.5 Å². The molecule has 0 unspecified atom stereocenters. The van der Waals surface area contributed by atoms with E-state index >= 15 is 0 Å². The second kappa shape index (κ2) is 13.3. The van der Waals surface area contributed by atoms with Crippen LogP contribution < -0.4 is 0 Å². The highest BCUT2D eigenvalue weighted by atomic mass is 14.6. The van der Waals surface area contributed by atoms with Crippen LogP contribution in [0.3, 0.4) is 0 Å². The average molecular weight is 773 g/mol. The quantitative estimate of drug-likeness (QED) is 0.179. The van der Waals surface area contributed by atoms with Crippen LogP contribution in [-0.2, 0) is 5.41 Å². The van der Waals surface area contributed by atoms with Crippen molar-refractivity contribution in [2.75, 3.05) is 0 Å². The molecule has 0 radical (unpaired) electrons. The summed E-state index contributed by atoms with van der Waals surface area (Å²) >= 11 is 0. The number of benzene rings is 8. The summed E-state index contributed by atoms with van der Waals surface area (Å²) in [5.41, 5.74) is 18.9. The minimum absolute atomic E-state index is 0.535. The maximum atomic E-state index is 9.69. The number of pyridine rings is 2. The minimum atomic E-state index is -0.624. The first-order valence-electron chi connectivity index (χ1n) is 20.4. The van der Waals surface area contributed by atoms with Crippen LogP contribution in [0.5, 0.6) is 0 Å². The maximum Gasteiger partial charge on any atom is 0.101 e. The van der Waals surface area contributed by atoms with Crippen molar-refractivity contribution in [3.05, 3.63) is 228 Å². The Kier molecular flexibility index (Phi) is 7.54. The molecule has 0 atom stereocenters. The predicted octanol–water partition coefficient (Wildman–Crippen LogP) is 13.5. The van der Waals surface area contributed by atoms with Crippen molar-refractivity contribution in [1.82, 2.24) is 9.97 Å². The highest BCUT2D eigenvalue weighted by Crippen LogP contribution is 2.66. The van der Waals surface area contributed by atoms with Gasteiger partial charge in [0.15, 0.2) is 0 Å². The Bertz CT molecular complexity index is 3350. The van der Waals surface area contributed by atoms with Gasteiger partial charge in [-0.05, 0) is 136 Å². The molecule has 2 aliphatic rings. The lowest BCUT2D eigenvalue weighted by molar-refractivity contribution is 0.795. The highest BCUT2D eigenvalue weighted by Gasteiger charge is 2.53. The molecule has 4 heteroatoms. The predicted molar refractivity (Wildman–Crippen MR) is 245 cm³/mol. The maximum absolute atomic E-state index is 9.69. The molecule has 0 amide bonds. The number of rotatable bonds is 4. The van der Waals surface area contributed by atoms with Gasteiger partial charge in [0.05, 0.1) is 16.5 Å². The molecule has 61 heavy (non-hydrogen) atoms. The summed E-state index contributed by atoms with van der Waals surface area (Å²) in [4.78, 5) is 8.78. The van der Waals surface area contributed by atoms with Crippen molar-refractivity contribution in [2.24, 2.45) is 0 Å². The van der Waals surface area contributed by atoms with Crippen LogP contribution in [0.1, 0.15) is 33.4 Å². The third-order valence-electron chi connectivity index (χ3n) is 12.8. The lowest BCUT2D eigenvalue weighted by Gasteiger charge is -2.31. The largest absolute Gasteiger partial charge is 0.263 e. The van der Waals surface area contributed by atoms with E-state index in [2.05, 4.69) is 180 Å². The molecule has 0 aliphatic heterocycles. The van der Waals surface area contributed by atoms with Gasteiger partial charge in [-0.25, -0.2) is 0 Å². The molecule has 10 aromatic rings. The monoisotopic (exact) mass is 772 g/mol. The summed E-state index contributed by atoms with van der Waals surface area (Å²) in [7, 11) is 0.